The van der Waals surface area contributed by atoms with E-state index in [0.717, 1.165) is 0 Å². The van der Waals surface area contributed by atoms with Gasteiger partial charge in [0.05, 0.1) is 0 Å². The largest absolute Gasteiger partial charge is 0.506 e. The highest BCUT2D eigenvalue weighted by molar-refractivity contribution is 7.13. The average Bonchev–Trinajstić information content (AvgIpc) is 3.01. The van der Waals surface area contributed by atoms with Crippen molar-refractivity contribution in [3.05, 3.63) is 51.9 Å². The van der Waals surface area contributed by atoms with E-state index in [-0.39, 0.29) is 11.6 Å². The first-order chi connectivity index (χ1) is 9.63. The average molecular weight is 311 g/mol. The van der Waals surface area contributed by atoms with Gasteiger partial charge in [-0.1, -0.05) is 22.8 Å². The van der Waals surface area contributed by atoms with E-state index in [1.807, 2.05) is 0 Å². The second kappa shape index (κ2) is 5.22. The molecule has 0 atom stereocenters. The number of hydrogen-bond donors (Lipinski definition) is 1. The van der Waals surface area contributed by atoms with Gasteiger partial charge < -0.3 is 9.63 Å². The Kier molecular flexibility index (Phi) is 3.42. The van der Waals surface area contributed by atoms with Crippen molar-refractivity contribution in [3.8, 4) is 16.5 Å². The van der Waals surface area contributed by atoms with Gasteiger partial charge in [-0.25, -0.2) is 4.39 Å². The van der Waals surface area contributed by atoms with Crippen LogP contribution in [-0.2, 0) is 6.42 Å². The lowest BCUT2D eigenvalue weighted by Crippen LogP contribution is -1.92. The minimum Gasteiger partial charge on any atom is -0.506 e. The maximum absolute atomic E-state index is 13.0. The minimum atomic E-state index is -0.393. The number of thiophene rings is 1. The zero-order valence-corrected chi connectivity index (χ0v) is 11.6. The third kappa shape index (κ3) is 2.52. The number of nitrogens with zero attached hydrogens (tertiary/aromatic N) is 2. The molecule has 102 valence electrons. The molecule has 0 amide bonds. The molecule has 0 saturated heterocycles. The summed E-state index contributed by atoms with van der Waals surface area (Å²) >= 11 is 7.25. The Bertz CT molecular complexity index is 756. The Morgan fingerprint density at radius 2 is 2.20 bits per heavy atom. The molecular formula is C13H8ClFN2O2S. The lowest BCUT2D eigenvalue weighted by atomic mass is 10.1. The topological polar surface area (TPSA) is 59.2 Å². The van der Waals surface area contributed by atoms with Gasteiger partial charge in [-0.2, -0.15) is 4.98 Å². The predicted molar refractivity (Wildman–Crippen MR) is 73.5 cm³/mol. The second-order valence-corrected chi connectivity index (χ2v) is 5.39. The summed E-state index contributed by atoms with van der Waals surface area (Å²) in [5.74, 6) is 0.383. The van der Waals surface area contributed by atoms with Crippen molar-refractivity contribution in [2.45, 2.75) is 6.42 Å². The maximum atomic E-state index is 13.0. The molecule has 2 aromatic heterocycles. The van der Waals surface area contributed by atoms with Gasteiger partial charge in [0, 0.05) is 11.4 Å². The van der Waals surface area contributed by atoms with Crippen molar-refractivity contribution in [2.24, 2.45) is 0 Å². The highest BCUT2D eigenvalue weighted by atomic mass is 35.5. The molecule has 0 aliphatic heterocycles. The predicted octanol–water partition coefficient (Wildman–Crippen LogP) is 3.89. The zero-order chi connectivity index (χ0) is 14.1. The van der Waals surface area contributed by atoms with Gasteiger partial charge in [-0.3, -0.25) is 0 Å². The molecule has 3 aromatic rings. The van der Waals surface area contributed by atoms with Crippen molar-refractivity contribution in [3.63, 3.8) is 0 Å². The number of rotatable bonds is 3. The molecule has 20 heavy (non-hydrogen) atoms. The van der Waals surface area contributed by atoms with Crippen molar-refractivity contribution >= 4 is 22.9 Å². The van der Waals surface area contributed by atoms with Gasteiger partial charge in [-0.15, -0.1) is 11.3 Å². The van der Waals surface area contributed by atoms with Crippen LogP contribution in [-0.4, -0.2) is 15.2 Å². The zero-order valence-electron chi connectivity index (χ0n) is 10.0. The van der Waals surface area contributed by atoms with Gasteiger partial charge in [0.1, 0.15) is 16.4 Å². The summed E-state index contributed by atoms with van der Waals surface area (Å²) in [6.07, 6.45) is 0.328. The van der Waals surface area contributed by atoms with Gasteiger partial charge in [0.25, 0.3) is 5.89 Å². The Morgan fingerprint density at radius 3 is 2.90 bits per heavy atom. The van der Waals surface area contributed by atoms with Crippen LogP contribution in [0.2, 0.25) is 5.02 Å². The first kappa shape index (κ1) is 13.1. The smallest absolute Gasteiger partial charge is 0.271 e. The van der Waals surface area contributed by atoms with Crippen molar-refractivity contribution in [1.29, 1.82) is 0 Å². The Hall–Kier alpha value is -1.92. The molecular weight excluding hydrogens is 303 g/mol. The van der Waals surface area contributed by atoms with Crippen LogP contribution in [0.1, 0.15) is 11.4 Å². The maximum Gasteiger partial charge on any atom is 0.271 e. The number of hydrogen-bond acceptors (Lipinski definition) is 5. The third-order valence-corrected chi connectivity index (χ3v) is 3.91. The van der Waals surface area contributed by atoms with Gasteiger partial charge in [0.2, 0.25) is 0 Å². The van der Waals surface area contributed by atoms with Crippen LogP contribution >= 0.6 is 22.9 Å². The van der Waals surface area contributed by atoms with E-state index in [4.69, 9.17) is 16.1 Å². The number of halogens is 2. The van der Waals surface area contributed by atoms with Gasteiger partial charge >= 0.3 is 0 Å². The van der Waals surface area contributed by atoms with Crippen LogP contribution in [0.25, 0.3) is 10.8 Å². The van der Waals surface area contributed by atoms with Gasteiger partial charge in [0.15, 0.2) is 5.82 Å². The van der Waals surface area contributed by atoms with E-state index in [2.05, 4.69) is 10.1 Å². The van der Waals surface area contributed by atoms with E-state index in [1.165, 1.54) is 23.5 Å². The molecule has 7 heteroatoms. The van der Waals surface area contributed by atoms with Crippen LogP contribution in [0.4, 0.5) is 4.39 Å². The van der Waals surface area contributed by atoms with Crippen LogP contribution in [0.15, 0.2) is 34.2 Å². The normalized spacial score (nSPS) is 10.9. The summed E-state index contributed by atoms with van der Waals surface area (Å²) in [5.41, 5.74) is 0.704. The summed E-state index contributed by atoms with van der Waals surface area (Å²) in [4.78, 5) is 4.71. The molecule has 2 heterocycles. The molecule has 4 nitrogen and oxygen atoms in total. The summed E-state index contributed by atoms with van der Waals surface area (Å²) in [6.45, 7) is 0. The Labute approximate surface area is 122 Å². The molecule has 0 radical (unpaired) electrons. The summed E-state index contributed by atoms with van der Waals surface area (Å²) in [7, 11) is 0. The van der Waals surface area contributed by atoms with Crippen LogP contribution < -0.4 is 0 Å². The first-order valence-corrected chi connectivity index (χ1v) is 6.92. The molecule has 1 aromatic carbocycles. The molecule has 0 saturated carbocycles. The fourth-order valence-corrected chi connectivity index (χ4v) is 2.66. The monoisotopic (exact) mass is 310 g/mol. The van der Waals surface area contributed by atoms with E-state index >= 15 is 0 Å². The minimum absolute atomic E-state index is 0.102. The van der Waals surface area contributed by atoms with E-state index in [1.54, 1.807) is 17.5 Å². The lowest BCUT2D eigenvalue weighted by Gasteiger charge is -2.00. The third-order valence-electron chi connectivity index (χ3n) is 2.67. The van der Waals surface area contributed by atoms with Crippen LogP contribution in [0.3, 0.4) is 0 Å². The van der Waals surface area contributed by atoms with Crippen LogP contribution in [0.5, 0.6) is 5.75 Å². The summed E-state index contributed by atoms with van der Waals surface area (Å²) in [6, 6.07) is 5.70. The van der Waals surface area contributed by atoms with Crippen molar-refractivity contribution < 1.29 is 14.0 Å². The highest BCUT2D eigenvalue weighted by Crippen LogP contribution is 2.33. The number of benzene rings is 1. The number of aromatic hydroxyl groups is 1. The van der Waals surface area contributed by atoms with Gasteiger partial charge in [-0.05, 0) is 29.1 Å². The standard InChI is InChI=1S/C13H8ClFN2O2S/c14-9-6-8(15)2-1-7(9)5-11-16-13(19-17-11)12-10(18)3-4-20-12/h1-4,6,18H,5H2. The molecule has 1 N–H and O–H groups in total. The quantitative estimate of drug-likeness (QED) is 0.797. The molecule has 0 aliphatic rings. The molecule has 0 unspecified atom stereocenters. The summed E-state index contributed by atoms with van der Waals surface area (Å²) in [5, 5.41) is 15.5. The van der Waals surface area contributed by atoms with Crippen molar-refractivity contribution in [2.75, 3.05) is 0 Å². The molecule has 0 spiro atoms. The first-order valence-electron chi connectivity index (χ1n) is 5.67. The summed E-state index contributed by atoms with van der Waals surface area (Å²) < 4.78 is 18.1. The van der Waals surface area contributed by atoms with Crippen molar-refractivity contribution in [1.82, 2.24) is 10.1 Å². The Morgan fingerprint density at radius 1 is 1.35 bits per heavy atom. The number of aromatic nitrogens is 2. The second-order valence-electron chi connectivity index (χ2n) is 4.06. The highest BCUT2D eigenvalue weighted by Gasteiger charge is 2.15. The molecule has 0 aliphatic carbocycles. The fraction of sp³-hybridized carbons (Fsp3) is 0.0769. The molecule has 0 bridgehead atoms. The van der Waals surface area contributed by atoms with E-state index in [0.29, 0.717) is 27.7 Å². The van der Waals surface area contributed by atoms with E-state index in [9.17, 15) is 9.50 Å². The molecule has 0 fully saturated rings. The fourth-order valence-electron chi connectivity index (χ4n) is 1.72. The Balaban J connectivity index is 1.86. The SMILES string of the molecule is Oc1ccsc1-c1nc(Cc2ccc(F)cc2Cl)no1. The molecule has 3 rings (SSSR count). The van der Waals surface area contributed by atoms with Crippen LogP contribution in [0, 0.1) is 5.82 Å². The lowest BCUT2D eigenvalue weighted by molar-refractivity contribution is 0.420. The van der Waals surface area contributed by atoms with E-state index < -0.39 is 5.82 Å².